The fraction of sp³-hybridized carbons (Fsp3) is 0.316. The zero-order chi connectivity index (χ0) is 20.4. The number of oxazole rings is 1. The van der Waals surface area contributed by atoms with E-state index in [0.717, 1.165) is 22.9 Å². The van der Waals surface area contributed by atoms with Gasteiger partial charge in [0.2, 0.25) is 5.89 Å². The molecule has 28 heavy (non-hydrogen) atoms. The predicted octanol–water partition coefficient (Wildman–Crippen LogP) is 1.96. The smallest absolute Gasteiger partial charge is 0.225 e. The van der Waals surface area contributed by atoms with Crippen molar-refractivity contribution in [1.82, 2.24) is 14.8 Å². The molecule has 148 valence electrons. The molecule has 1 N–H and O–H groups in total. The minimum atomic E-state index is -3.68. The Labute approximate surface area is 162 Å². The molecule has 1 aromatic carbocycles. The maximum atomic E-state index is 12.1. The SMILES string of the molecule is C[C@@](CCn1cc(-c2ccc(-c3ncco3)cc2)cn1)(C(=O)CO)S(C)(=O)=O. The molecule has 8 nitrogen and oxygen atoms in total. The Kier molecular flexibility index (Phi) is 5.48. The molecule has 0 saturated carbocycles. The molecule has 3 rings (SSSR count). The van der Waals surface area contributed by atoms with E-state index in [2.05, 4.69) is 10.1 Å². The number of carbonyl (C=O) groups excluding carboxylic acids is 1. The normalized spacial score (nSPS) is 14.0. The van der Waals surface area contributed by atoms with Gasteiger partial charge in [0.25, 0.3) is 0 Å². The Morgan fingerprint density at radius 2 is 1.89 bits per heavy atom. The lowest BCUT2D eigenvalue weighted by molar-refractivity contribution is -0.124. The number of aromatic nitrogens is 3. The maximum absolute atomic E-state index is 12.1. The Morgan fingerprint density at radius 1 is 1.21 bits per heavy atom. The van der Waals surface area contributed by atoms with Crippen molar-refractivity contribution in [3.63, 3.8) is 0 Å². The topological polar surface area (TPSA) is 115 Å². The number of aliphatic hydroxyl groups is 1. The van der Waals surface area contributed by atoms with E-state index in [9.17, 15) is 13.2 Å². The third-order valence-electron chi connectivity index (χ3n) is 4.90. The third-order valence-corrected chi connectivity index (χ3v) is 6.97. The highest BCUT2D eigenvalue weighted by molar-refractivity contribution is 7.92. The van der Waals surface area contributed by atoms with Crippen molar-refractivity contribution < 1.29 is 22.7 Å². The van der Waals surface area contributed by atoms with E-state index in [1.165, 1.54) is 13.2 Å². The van der Waals surface area contributed by atoms with Gasteiger partial charge in [0.1, 0.15) is 17.6 Å². The average Bonchev–Trinajstić information content (AvgIpc) is 3.36. The monoisotopic (exact) mass is 403 g/mol. The van der Waals surface area contributed by atoms with Crippen molar-refractivity contribution in [2.45, 2.75) is 24.6 Å². The summed E-state index contributed by atoms with van der Waals surface area (Å²) in [7, 11) is -3.68. The molecule has 9 heteroatoms. The molecule has 3 aromatic rings. The molecule has 2 aromatic heterocycles. The summed E-state index contributed by atoms with van der Waals surface area (Å²) in [5, 5.41) is 13.4. The summed E-state index contributed by atoms with van der Waals surface area (Å²) in [6, 6.07) is 7.60. The van der Waals surface area contributed by atoms with Crippen LogP contribution in [0.2, 0.25) is 0 Å². The molecule has 0 aliphatic heterocycles. The van der Waals surface area contributed by atoms with Gasteiger partial charge in [-0.3, -0.25) is 9.48 Å². The van der Waals surface area contributed by atoms with Gasteiger partial charge in [-0.05, 0) is 31.0 Å². The Morgan fingerprint density at radius 3 is 2.46 bits per heavy atom. The quantitative estimate of drug-likeness (QED) is 0.611. The number of carbonyl (C=O) groups is 1. The van der Waals surface area contributed by atoms with Crippen LogP contribution in [-0.4, -0.2) is 51.7 Å². The summed E-state index contributed by atoms with van der Waals surface area (Å²) >= 11 is 0. The van der Waals surface area contributed by atoms with E-state index in [1.807, 2.05) is 24.3 Å². The summed E-state index contributed by atoms with van der Waals surface area (Å²) in [5.41, 5.74) is 2.64. The number of benzene rings is 1. The lowest BCUT2D eigenvalue weighted by Crippen LogP contribution is -2.45. The van der Waals surface area contributed by atoms with E-state index < -0.39 is 27.0 Å². The van der Waals surface area contributed by atoms with E-state index in [-0.39, 0.29) is 13.0 Å². The fourth-order valence-electron chi connectivity index (χ4n) is 2.83. The second kappa shape index (κ2) is 7.69. The van der Waals surface area contributed by atoms with Gasteiger partial charge in [0.15, 0.2) is 15.6 Å². The molecule has 0 spiro atoms. The number of aryl methyl sites for hydroxylation is 1. The lowest BCUT2D eigenvalue weighted by atomic mass is 10.0. The number of hydrogen-bond acceptors (Lipinski definition) is 7. The molecule has 0 saturated heterocycles. The Balaban J connectivity index is 1.74. The molecule has 2 heterocycles. The van der Waals surface area contributed by atoms with Gasteiger partial charge in [-0.2, -0.15) is 5.10 Å². The van der Waals surface area contributed by atoms with Crippen LogP contribution in [0.15, 0.2) is 53.5 Å². The van der Waals surface area contributed by atoms with Gasteiger partial charge in [-0.15, -0.1) is 0 Å². The Bertz CT molecular complexity index is 1060. The first kappa shape index (κ1) is 20.0. The molecular weight excluding hydrogens is 382 g/mol. The van der Waals surface area contributed by atoms with Gasteiger partial charge in [-0.25, -0.2) is 13.4 Å². The number of Topliss-reactive ketones (excluding diaryl/α,β-unsaturated/α-hetero) is 1. The largest absolute Gasteiger partial charge is 0.445 e. The molecule has 0 aliphatic rings. The number of hydrogen-bond donors (Lipinski definition) is 1. The van der Waals surface area contributed by atoms with Crippen molar-refractivity contribution in [2.75, 3.05) is 12.9 Å². The summed E-state index contributed by atoms with van der Waals surface area (Å²) < 4.78 is 29.3. The zero-order valence-electron chi connectivity index (χ0n) is 15.6. The van der Waals surface area contributed by atoms with Crippen LogP contribution in [0.1, 0.15) is 13.3 Å². The summed E-state index contributed by atoms with van der Waals surface area (Å²) in [4.78, 5) is 16.1. The van der Waals surface area contributed by atoms with Crippen molar-refractivity contribution >= 4 is 15.6 Å². The standard InChI is InChI=1S/C19H21N3O5S/c1-19(17(24)13-23,28(2,25)26)7-9-22-12-16(11-21-22)14-3-5-15(6-4-14)18-20-8-10-27-18/h3-6,8,10-12,23H,7,9,13H2,1-2H3/t19-/m1/s1. The van der Waals surface area contributed by atoms with E-state index in [0.29, 0.717) is 5.89 Å². The van der Waals surface area contributed by atoms with Crippen LogP contribution in [-0.2, 0) is 21.2 Å². The first-order valence-corrected chi connectivity index (χ1v) is 10.5. The van der Waals surface area contributed by atoms with Crippen molar-refractivity contribution in [3.05, 3.63) is 49.1 Å². The van der Waals surface area contributed by atoms with Crippen LogP contribution >= 0.6 is 0 Å². The second-order valence-electron chi connectivity index (χ2n) is 6.74. The van der Waals surface area contributed by atoms with E-state index >= 15 is 0 Å². The van der Waals surface area contributed by atoms with E-state index in [4.69, 9.17) is 9.52 Å². The highest BCUT2D eigenvalue weighted by Crippen LogP contribution is 2.25. The minimum absolute atomic E-state index is 0.0233. The third kappa shape index (κ3) is 3.90. The molecular formula is C19H21N3O5S. The van der Waals surface area contributed by atoms with E-state index in [1.54, 1.807) is 23.3 Å². The van der Waals surface area contributed by atoms with Gasteiger partial charge in [0.05, 0.1) is 12.4 Å². The number of ketones is 1. The van der Waals surface area contributed by atoms with Crippen LogP contribution in [0.4, 0.5) is 0 Å². The fourth-order valence-corrected chi connectivity index (χ4v) is 3.77. The Hall–Kier alpha value is -2.78. The first-order valence-electron chi connectivity index (χ1n) is 8.61. The van der Waals surface area contributed by atoms with Crippen molar-refractivity contribution in [3.8, 4) is 22.6 Å². The van der Waals surface area contributed by atoms with Crippen molar-refractivity contribution in [2.24, 2.45) is 0 Å². The summed E-state index contributed by atoms with van der Waals surface area (Å²) in [6.45, 7) is 0.751. The lowest BCUT2D eigenvalue weighted by Gasteiger charge is -2.25. The van der Waals surface area contributed by atoms with Crippen molar-refractivity contribution in [1.29, 1.82) is 0 Å². The van der Waals surface area contributed by atoms with Crippen LogP contribution in [0, 0.1) is 0 Å². The highest BCUT2D eigenvalue weighted by Gasteiger charge is 2.42. The molecule has 0 unspecified atom stereocenters. The van der Waals surface area contributed by atoms with Crippen LogP contribution in [0.25, 0.3) is 22.6 Å². The van der Waals surface area contributed by atoms with Crippen LogP contribution < -0.4 is 0 Å². The maximum Gasteiger partial charge on any atom is 0.225 e. The predicted molar refractivity (Wildman–Crippen MR) is 103 cm³/mol. The number of rotatable bonds is 8. The number of nitrogens with zero attached hydrogens (tertiary/aromatic N) is 3. The molecule has 0 amide bonds. The molecule has 0 fully saturated rings. The molecule has 0 bridgehead atoms. The first-order chi connectivity index (χ1) is 13.2. The summed E-state index contributed by atoms with van der Waals surface area (Å²) in [6.07, 6.45) is 7.58. The van der Waals surface area contributed by atoms with Gasteiger partial charge < -0.3 is 9.52 Å². The summed E-state index contributed by atoms with van der Waals surface area (Å²) in [5.74, 6) is -0.180. The molecule has 0 aliphatic carbocycles. The van der Waals surface area contributed by atoms with Crippen LogP contribution in [0.5, 0.6) is 0 Å². The molecule has 1 atom stereocenters. The van der Waals surface area contributed by atoms with Crippen LogP contribution in [0.3, 0.4) is 0 Å². The average molecular weight is 403 g/mol. The number of sulfone groups is 1. The van der Waals surface area contributed by atoms with Gasteiger partial charge >= 0.3 is 0 Å². The zero-order valence-corrected chi connectivity index (χ0v) is 16.4. The molecule has 0 radical (unpaired) electrons. The number of aliphatic hydroxyl groups excluding tert-OH is 1. The minimum Gasteiger partial charge on any atom is -0.445 e. The highest BCUT2D eigenvalue weighted by atomic mass is 32.2. The van der Waals surface area contributed by atoms with Gasteiger partial charge in [0, 0.05) is 30.1 Å². The second-order valence-corrected chi connectivity index (χ2v) is 9.19. The van der Waals surface area contributed by atoms with Gasteiger partial charge in [-0.1, -0.05) is 12.1 Å².